The van der Waals surface area contributed by atoms with Crippen molar-refractivity contribution < 1.29 is 19.4 Å². The first-order chi connectivity index (χ1) is 5.66. The Morgan fingerprint density at radius 3 is 2.58 bits per heavy atom. The minimum absolute atomic E-state index is 0.295. The lowest BCUT2D eigenvalue weighted by atomic mass is 10.4. The maximum Gasteiger partial charge on any atom is 0.426 e. The molecule has 0 aromatic carbocycles. The van der Waals surface area contributed by atoms with Crippen LogP contribution >= 0.6 is 0 Å². The Balaban J connectivity index is 3.28. The number of ether oxygens (including phenoxy) is 1. The molecule has 0 bridgehead atoms. The summed E-state index contributed by atoms with van der Waals surface area (Å²) < 4.78 is 4.56. The second-order valence-corrected chi connectivity index (χ2v) is 2.04. The highest BCUT2D eigenvalue weighted by Crippen LogP contribution is 1.87. The maximum absolute atomic E-state index is 10.6. The van der Waals surface area contributed by atoms with Gasteiger partial charge in [-0.1, -0.05) is 13.3 Å². The zero-order valence-electron chi connectivity index (χ0n) is 6.79. The molecule has 0 aliphatic rings. The number of unbranched alkanes of at least 4 members (excludes halogenated alkanes) is 1. The van der Waals surface area contributed by atoms with Crippen molar-refractivity contribution in [1.82, 2.24) is 10.9 Å². The van der Waals surface area contributed by atoms with Gasteiger partial charge in [0.15, 0.2) is 0 Å². The molecule has 0 radical (unpaired) electrons. The molecule has 0 unspecified atom stereocenters. The quantitative estimate of drug-likeness (QED) is 0.436. The Labute approximate surface area is 69.9 Å². The van der Waals surface area contributed by atoms with E-state index >= 15 is 0 Å². The summed E-state index contributed by atoms with van der Waals surface area (Å²) in [6, 6.07) is 0. The van der Waals surface area contributed by atoms with E-state index in [9.17, 15) is 9.59 Å². The number of hydrogen-bond donors (Lipinski definition) is 3. The number of carbonyl (C=O) groups is 2. The lowest BCUT2D eigenvalue weighted by molar-refractivity contribution is 0.135. The first kappa shape index (κ1) is 10.5. The van der Waals surface area contributed by atoms with Crippen LogP contribution in [0.1, 0.15) is 19.8 Å². The molecule has 0 fully saturated rings. The third-order valence-electron chi connectivity index (χ3n) is 1.00. The van der Waals surface area contributed by atoms with Crippen molar-refractivity contribution in [2.24, 2.45) is 0 Å². The minimum Gasteiger partial charge on any atom is -0.464 e. The van der Waals surface area contributed by atoms with Crippen LogP contribution < -0.4 is 10.9 Å². The fourth-order valence-electron chi connectivity index (χ4n) is 0.450. The van der Waals surface area contributed by atoms with E-state index in [-0.39, 0.29) is 0 Å². The molecule has 2 amide bonds. The van der Waals surface area contributed by atoms with Gasteiger partial charge in [0.05, 0.1) is 6.61 Å². The van der Waals surface area contributed by atoms with Crippen molar-refractivity contribution in [2.75, 3.05) is 6.61 Å². The molecular formula is C6H12N2O4. The monoisotopic (exact) mass is 176 g/mol. The van der Waals surface area contributed by atoms with E-state index in [1.165, 1.54) is 0 Å². The van der Waals surface area contributed by atoms with Crippen molar-refractivity contribution in [3.05, 3.63) is 0 Å². The summed E-state index contributed by atoms with van der Waals surface area (Å²) in [6.07, 6.45) is -0.437. The number of hydrogen-bond acceptors (Lipinski definition) is 3. The lowest BCUT2D eigenvalue weighted by Crippen LogP contribution is -2.41. The Kier molecular flexibility index (Phi) is 5.50. The number of amides is 2. The summed E-state index contributed by atoms with van der Waals surface area (Å²) in [5, 5.41) is 8.05. The summed E-state index contributed by atoms with van der Waals surface area (Å²) in [5.41, 5.74) is 3.49. The normalized spacial score (nSPS) is 8.75. The van der Waals surface area contributed by atoms with Crippen LogP contribution in [0.4, 0.5) is 9.59 Å². The highest BCUT2D eigenvalue weighted by molar-refractivity contribution is 5.72. The third-order valence-corrected chi connectivity index (χ3v) is 1.00. The van der Waals surface area contributed by atoms with E-state index in [1.807, 2.05) is 12.3 Å². The molecule has 0 aliphatic carbocycles. The predicted molar refractivity (Wildman–Crippen MR) is 40.6 cm³/mol. The molecule has 0 aliphatic heterocycles. The average Bonchev–Trinajstić information content (AvgIpc) is 2.01. The van der Waals surface area contributed by atoms with Gasteiger partial charge in [-0.2, -0.15) is 0 Å². The van der Waals surface area contributed by atoms with Crippen LogP contribution in [0.3, 0.4) is 0 Å². The van der Waals surface area contributed by atoms with Crippen molar-refractivity contribution >= 4 is 12.2 Å². The second-order valence-electron chi connectivity index (χ2n) is 2.04. The Morgan fingerprint density at radius 2 is 2.08 bits per heavy atom. The molecule has 0 atom stereocenters. The summed E-state index contributed by atoms with van der Waals surface area (Å²) >= 11 is 0. The standard InChI is InChI=1S/C6H12N2O4/c1-2-3-4-12-6(11)8-7-5(9)10/h7H,2-4H2,1H3,(H,8,11)(H,9,10). The summed E-state index contributed by atoms with van der Waals surface area (Å²) in [4.78, 5) is 20.4. The molecule has 0 rings (SSSR count). The van der Waals surface area contributed by atoms with Gasteiger partial charge in [0.25, 0.3) is 0 Å². The van der Waals surface area contributed by atoms with Gasteiger partial charge in [0.2, 0.25) is 0 Å². The molecule has 0 saturated heterocycles. The minimum atomic E-state index is -1.33. The topological polar surface area (TPSA) is 87.7 Å². The summed E-state index contributed by atoms with van der Waals surface area (Å²) in [6.45, 7) is 2.25. The fraction of sp³-hybridized carbons (Fsp3) is 0.667. The molecule has 12 heavy (non-hydrogen) atoms. The molecule has 0 aromatic rings. The van der Waals surface area contributed by atoms with E-state index in [2.05, 4.69) is 4.74 Å². The first-order valence-electron chi connectivity index (χ1n) is 3.58. The molecule has 6 heteroatoms. The number of carbonyl (C=O) groups excluding carboxylic acids is 1. The molecule has 70 valence electrons. The van der Waals surface area contributed by atoms with Gasteiger partial charge < -0.3 is 9.84 Å². The van der Waals surface area contributed by atoms with Gasteiger partial charge in [-0.3, -0.25) is 0 Å². The Bertz CT molecular complexity index is 160. The van der Waals surface area contributed by atoms with Gasteiger partial charge in [0.1, 0.15) is 0 Å². The molecular weight excluding hydrogens is 164 g/mol. The van der Waals surface area contributed by atoms with E-state index < -0.39 is 12.2 Å². The molecule has 0 heterocycles. The van der Waals surface area contributed by atoms with E-state index in [4.69, 9.17) is 5.11 Å². The van der Waals surface area contributed by atoms with Gasteiger partial charge >= 0.3 is 12.2 Å². The molecule has 0 spiro atoms. The van der Waals surface area contributed by atoms with Crippen LogP contribution in [-0.2, 0) is 4.74 Å². The second kappa shape index (κ2) is 6.26. The molecule has 0 aromatic heterocycles. The summed E-state index contributed by atoms with van der Waals surface area (Å²) in [5.74, 6) is 0. The molecule has 3 N–H and O–H groups in total. The largest absolute Gasteiger partial charge is 0.464 e. The van der Waals surface area contributed by atoms with Crippen LogP contribution in [0.5, 0.6) is 0 Å². The highest BCUT2D eigenvalue weighted by Gasteiger charge is 2.01. The predicted octanol–water partition coefficient (Wildman–Crippen LogP) is 0.695. The maximum atomic E-state index is 10.6. The van der Waals surface area contributed by atoms with Gasteiger partial charge in [0, 0.05) is 0 Å². The number of nitrogens with one attached hydrogen (secondary N) is 2. The smallest absolute Gasteiger partial charge is 0.426 e. The van der Waals surface area contributed by atoms with E-state index in [1.54, 1.807) is 5.43 Å². The number of hydrazine groups is 1. The van der Waals surface area contributed by atoms with Crippen LogP contribution in [0.25, 0.3) is 0 Å². The highest BCUT2D eigenvalue weighted by atomic mass is 16.6. The number of rotatable bonds is 3. The van der Waals surface area contributed by atoms with Crippen LogP contribution in [0.15, 0.2) is 0 Å². The van der Waals surface area contributed by atoms with Gasteiger partial charge in [-0.05, 0) is 6.42 Å². The van der Waals surface area contributed by atoms with Crippen LogP contribution in [0.2, 0.25) is 0 Å². The Hall–Kier alpha value is -1.46. The first-order valence-corrected chi connectivity index (χ1v) is 3.58. The average molecular weight is 176 g/mol. The van der Waals surface area contributed by atoms with Crippen molar-refractivity contribution in [3.8, 4) is 0 Å². The van der Waals surface area contributed by atoms with E-state index in [0.29, 0.717) is 6.61 Å². The van der Waals surface area contributed by atoms with Crippen molar-refractivity contribution in [1.29, 1.82) is 0 Å². The molecule has 0 saturated carbocycles. The van der Waals surface area contributed by atoms with Gasteiger partial charge in [-0.25, -0.2) is 20.4 Å². The zero-order chi connectivity index (χ0) is 9.40. The SMILES string of the molecule is CCCCOC(=O)NNC(=O)O. The van der Waals surface area contributed by atoms with Crippen molar-refractivity contribution in [2.45, 2.75) is 19.8 Å². The molecule has 6 nitrogen and oxygen atoms in total. The van der Waals surface area contributed by atoms with Gasteiger partial charge in [-0.15, -0.1) is 0 Å². The summed E-state index contributed by atoms with van der Waals surface area (Å²) in [7, 11) is 0. The van der Waals surface area contributed by atoms with E-state index in [0.717, 1.165) is 12.8 Å². The van der Waals surface area contributed by atoms with Crippen molar-refractivity contribution in [3.63, 3.8) is 0 Å². The zero-order valence-corrected chi connectivity index (χ0v) is 6.79. The Morgan fingerprint density at radius 1 is 1.42 bits per heavy atom. The van der Waals surface area contributed by atoms with Crippen LogP contribution in [0, 0.1) is 0 Å². The number of carboxylic acid groups (broad SMARTS) is 1. The fourth-order valence-corrected chi connectivity index (χ4v) is 0.450. The van der Waals surface area contributed by atoms with Crippen LogP contribution in [-0.4, -0.2) is 23.9 Å². The third kappa shape index (κ3) is 6.66. The lowest BCUT2D eigenvalue weighted by Gasteiger charge is -2.04.